The van der Waals surface area contributed by atoms with E-state index in [9.17, 15) is 4.79 Å². The Kier molecular flexibility index (Phi) is 5.68. The first-order chi connectivity index (χ1) is 13.2. The minimum atomic E-state index is -0.412. The fourth-order valence-electron chi connectivity index (χ4n) is 2.87. The van der Waals surface area contributed by atoms with E-state index < -0.39 is 5.54 Å². The van der Waals surface area contributed by atoms with Crippen LogP contribution in [-0.2, 0) is 0 Å². The molecule has 28 heavy (non-hydrogen) atoms. The normalized spacial score (nSPS) is 14.3. The van der Waals surface area contributed by atoms with Crippen LogP contribution in [0.25, 0.3) is 16.8 Å². The van der Waals surface area contributed by atoms with E-state index in [0.29, 0.717) is 27.9 Å². The van der Waals surface area contributed by atoms with Gasteiger partial charge in [-0.25, -0.2) is 9.66 Å². The van der Waals surface area contributed by atoms with Crippen LogP contribution < -0.4 is 11.2 Å². The third-order valence-electron chi connectivity index (χ3n) is 4.08. The maximum atomic E-state index is 12.8. The van der Waals surface area contributed by atoms with Gasteiger partial charge in [0.1, 0.15) is 0 Å². The third-order valence-corrected chi connectivity index (χ3v) is 4.59. The molecule has 3 rings (SSSR count). The zero-order valence-electron chi connectivity index (χ0n) is 16.0. The lowest BCUT2D eigenvalue weighted by Crippen LogP contribution is -2.42. The lowest BCUT2D eigenvalue weighted by Gasteiger charge is -2.20. The second kappa shape index (κ2) is 7.86. The quantitative estimate of drug-likeness (QED) is 0.697. The Morgan fingerprint density at radius 1 is 1.18 bits per heavy atom. The summed E-state index contributed by atoms with van der Waals surface area (Å²) in [5.74, 6) is 6.14. The van der Waals surface area contributed by atoms with Crippen LogP contribution in [0.4, 0.5) is 0 Å². The molecule has 0 saturated heterocycles. The number of nitrogen functional groups attached to an aromatic ring is 1. The Bertz CT molecular complexity index is 993. The van der Waals surface area contributed by atoms with Crippen LogP contribution in [0.1, 0.15) is 43.5 Å². The summed E-state index contributed by atoms with van der Waals surface area (Å²) < 4.78 is 1.33. The van der Waals surface area contributed by atoms with Crippen molar-refractivity contribution >= 4 is 34.7 Å². The number of halogens is 2. The summed E-state index contributed by atoms with van der Waals surface area (Å²) in [6.07, 6.45) is 8.10. The highest BCUT2D eigenvalue weighted by atomic mass is 35.5. The van der Waals surface area contributed by atoms with Crippen molar-refractivity contribution in [3.05, 3.63) is 70.1 Å². The van der Waals surface area contributed by atoms with Gasteiger partial charge in [-0.3, -0.25) is 4.79 Å². The SMILES string of the molecule is CC(C)(C)NC(=O)c1nc(C2=CC=C(Cl)C=CC2)c(-c2ccc(Cl)cc2)n1N. The number of rotatable bonds is 3. The first-order valence-corrected chi connectivity index (χ1v) is 9.61. The molecule has 0 fully saturated rings. The zero-order chi connectivity index (χ0) is 20.5. The van der Waals surface area contributed by atoms with Gasteiger partial charge in [-0.15, -0.1) is 0 Å². The van der Waals surface area contributed by atoms with Gasteiger partial charge in [-0.2, -0.15) is 0 Å². The smallest absolute Gasteiger partial charge is 0.289 e. The van der Waals surface area contributed by atoms with Gasteiger partial charge in [-0.1, -0.05) is 47.5 Å². The van der Waals surface area contributed by atoms with Crippen molar-refractivity contribution in [3.8, 4) is 11.3 Å². The molecular weight excluding hydrogens is 395 g/mol. The van der Waals surface area contributed by atoms with E-state index in [1.54, 1.807) is 18.2 Å². The molecule has 3 N–H and O–H groups in total. The van der Waals surface area contributed by atoms with E-state index in [-0.39, 0.29) is 11.7 Å². The highest BCUT2D eigenvalue weighted by Crippen LogP contribution is 2.32. The summed E-state index contributed by atoms with van der Waals surface area (Å²) in [5.41, 5.74) is 2.58. The highest BCUT2D eigenvalue weighted by Gasteiger charge is 2.26. The Hall–Kier alpha value is -2.50. The molecule has 1 aliphatic carbocycles. The summed E-state index contributed by atoms with van der Waals surface area (Å²) in [6, 6.07) is 7.27. The summed E-state index contributed by atoms with van der Waals surface area (Å²) >= 11 is 12.1. The number of carbonyl (C=O) groups excluding carboxylic acids is 1. The lowest BCUT2D eigenvalue weighted by atomic mass is 10.0. The molecule has 1 aromatic carbocycles. The minimum absolute atomic E-state index is 0.138. The molecule has 0 radical (unpaired) electrons. The molecule has 0 aliphatic heterocycles. The summed E-state index contributed by atoms with van der Waals surface area (Å²) in [6.45, 7) is 5.71. The van der Waals surface area contributed by atoms with Crippen LogP contribution >= 0.6 is 23.2 Å². The average molecular weight is 417 g/mol. The van der Waals surface area contributed by atoms with Crippen LogP contribution in [0.5, 0.6) is 0 Å². The van der Waals surface area contributed by atoms with Crippen LogP contribution in [-0.4, -0.2) is 21.1 Å². The number of amides is 1. The number of nitrogens with one attached hydrogen (secondary N) is 1. The van der Waals surface area contributed by atoms with Crippen molar-refractivity contribution in [3.63, 3.8) is 0 Å². The van der Waals surface area contributed by atoms with Gasteiger partial charge in [0.15, 0.2) is 0 Å². The number of nitrogens with two attached hydrogens (primary N) is 1. The first kappa shape index (κ1) is 20.2. The summed E-state index contributed by atoms with van der Waals surface area (Å²) in [5, 5.41) is 4.15. The summed E-state index contributed by atoms with van der Waals surface area (Å²) in [7, 11) is 0. The molecule has 2 aromatic rings. The number of nitrogens with zero attached hydrogens (tertiary/aromatic N) is 2. The topological polar surface area (TPSA) is 72.9 Å². The van der Waals surface area contributed by atoms with Crippen molar-refractivity contribution in [2.24, 2.45) is 0 Å². The maximum absolute atomic E-state index is 12.8. The number of carbonyl (C=O) groups is 1. The highest BCUT2D eigenvalue weighted by molar-refractivity contribution is 6.31. The van der Waals surface area contributed by atoms with Gasteiger partial charge in [0.05, 0.1) is 11.4 Å². The monoisotopic (exact) mass is 416 g/mol. The standard InChI is InChI=1S/C21H22Cl2N4O/c1-21(2,3)26-20(28)19-25-17(13-5-4-6-15(22)10-7-13)18(27(19)24)14-8-11-16(23)12-9-14/h4,6-12H,5,24H2,1-3H3,(H,26,28). The Labute approximate surface area is 174 Å². The number of imidazole rings is 1. The second-order valence-corrected chi connectivity index (χ2v) is 8.44. The van der Waals surface area contributed by atoms with Crippen molar-refractivity contribution < 1.29 is 4.79 Å². The molecule has 0 unspecified atom stereocenters. The van der Waals surface area contributed by atoms with E-state index in [1.807, 2.05) is 51.1 Å². The predicted molar refractivity (Wildman–Crippen MR) is 116 cm³/mol. The fourth-order valence-corrected chi connectivity index (χ4v) is 3.15. The van der Waals surface area contributed by atoms with Crippen molar-refractivity contribution in [2.75, 3.05) is 5.84 Å². The molecule has 0 saturated carbocycles. The van der Waals surface area contributed by atoms with E-state index in [1.165, 1.54) is 4.68 Å². The summed E-state index contributed by atoms with van der Waals surface area (Å²) in [4.78, 5) is 17.4. The molecule has 1 amide bonds. The third kappa shape index (κ3) is 4.49. The predicted octanol–water partition coefficient (Wildman–Crippen LogP) is 4.91. The molecule has 1 aliphatic rings. The Balaban J connectivity index is 2.17. The van der Waals surface area contributed by atoms with Gasteiger partial charge < -0.3 is 11.2 Å². The number of benzene rings is 1. The van der Waals surface area contributed by atoms with Crippen LogP contribution in [0, 0.1) is 0 Å². The molecular formula is C21H22Cl2N4O. The average Bonchev–Trinajstić information content (AvgIpc) is 2.79. The Morgan fingerprint density at radius 3 is 2.50 bits per heavy atom. The second-order valence-electron chi connectivity index (χ2n) is 7.56. The van der Waals surface area contributed by atoms with Gasteiger partial charge in [0.25, 0.3) is 5.91 Å². The van der Waals surface area contributed by atoms with E-state index in [0.717, 1.165) is 11.1 Å². The maximum Gasteiger partial charge on any atom is 0.289 e. The number of allylic oxidation sites excluding steroid dienone is 6. The molecule has 0 atom stereocenters. The van der Waals surface area contributed by atoms with Crippen LogP contribution in [0.2, 0.25) is 5.02 Å². The molecule has 1 heterocycles. The van der Waals surface area contributed by atoms with Gasteiger partial charge in [0.2, 0.25) is 5.82 Å². The number of hydrogen-bond donors (Lipinski definition) is 2. The van der Waals surface area contributed by atoms with Gasteiger partial charge >= 0.3 is 0 Å². The van der Waals surface area contributed by atoms with Crippen molar-refractivity contribution in [1.82, 2.24) is 15.0 Å². The number of hydrogen-bond acceptors (Lipinski definition) is 3. The molecule has 0 bridgehead atoms. The molecule has 1 aromatic heterocycles. The zero-order valence-corrected chi connectivity index (χ0v) is 17.5. The van der Waals surface area contributed by atoms with Crippen molar-refractivity contribution in [2.45, 2.75) is 32.7 Å². The molecule has 146 valence electrons. The first-order valence-electron chi connectivity index (χ1n) is 8.85. The Morgan fingerprint density at radius 2 is 1.86 bits per heavy atom. The van der Waals surface area contributed by atoms with Crippen LogP contribution in [0.3, 0.4) is 0 Å². The van der Waals surface area contributed by atoms with E-state index >= 15 is 0 Å². The van der Waals surface area contributed by atoms with Gasteiger partial charge in [-0.05, 0) is 57.0 Å². The van der Waals surface area contributed by atoms with Gasteiger partial charge in [0, 0.05) is 21.2 Å². The van der Waals surface area contributed by atoms with Crippen molar-refractivity contribution in [1.29, 1.82) is 0 Å². The van der Waals surface area contributed by atoms with E-state index in [4.69, 9.17) is 29.0 Å². The largest absolute Gasteiger partial charge is 0.345 e. The molecule has 7 heteroatoms. The lowest BCUT2D eigenvalue weighted by molar-refractivity contribution is 0.0906. The van der Waals surface area contributed by atoms with Crippen LogP contribution in [0.15, 0.2) is 53.6 Å². The van der Waals surface area contributed by atoms with E-state index in [2.05, 4.69) is 10.3 Å². The number of aromatic nitrogens is 2. The molecule has 0 spiro atoms. The minimum Gasteiger partial charge on any atom is -0.345 e. The fraction of sp³-hybridized carbons (Fsp3) is 0.238. The molecule has 5 nitrogen and oxygen atoms in total.